The van der Waals surface area contributed by atoms with Crippen LogP contribution in [0.25, 0.3) is 0 Å². The van der Waals surface area contributed by atoms with Gasteiger partial charge in [0.2, 0.25) is 11.8 Å². The third-order valence-corrected chi connectivity index (χ3v) is 6.05. The van der Waals surface area contributed by atoms with Crippen LogP contribution < -0.4 is 5.32 Å². The van der Waals surface area contributed by atoms with E-state index in [-0.39, 0.29) is 30.0 Å². The molecule has 2 aliphatic rings. The lowest BCUT2D eigenvalue weighted by Crippen LogP contribution is -2.50. The molecule has 0 unspecified atom stereocenters. The molecule has 0 saturated carbocycles. The zero-order valence-corrected chi connectivity index (χ0v) is 17.3. The lowest BCUT2D eigenvalue weighted by atomic mass is 9.93. The predicted molar refractivity (Wildman–Crippen MR) is 110 cm³/mol. The number of nitrogens with one attached hydrogen (secondary N) is 1. The van der Waals surface area contributed by atoms with Crippen molar-refractivity contribution in [2.24, 2.45) is 0 Å². The molecule has 0 spiro atoms. The van der Waals surface area contributed by atoms with Gasteiger partial charge in [0.05, 0.1) is 12.0 Å². The average Bonchev–Trinajstić information content (AvgIpc) is 2.85. The number of piperidine rings is 1. The quantitative estimate of drug-likeness (QED) is 0.689. The maximum atomic E-state index is 12.7. The van der Waals surface area contributed by atoms with E-state index in [0.29, 0.717) is 32.5 Å². The van der Waals surface area contributed by atoms with Crippen LogP contribution in [0, 0.1) is 0 Å². The fourth-order valence-corrected chi connectivity index (χ4v) is 4.48. The van der Waals surface area contributed by atoms with Gasteiger partial charge in [0.15, 0.2) is 0 Å². The summed E-state index contributed by atoms with van der Waals surface area (Å²) in [4.78, 5) is 28.0. The van der Waals surface area contributed by atoms with Crippen molar-refractivity contribution < 1.29 is 19.8 Å². The van der Waals surface area contributed by atoms with Crippen molar-refractivity contribution in [1.82, 2.24) is 15.1 Å². The summed E-state index contributed by atoms with van der Waals surface area (Å²) in [5.41, 5.74) is 0.0255. The summed E-state index contributed by atoms with van der Waals surface area (Å²) in [7, 11) is 0. The molecule has 1 aromatic carbocycles. The highest BCUT2D eigenvalue weighted by Gasteiger charge is 2.34. The van der Waals surface area contributed by atoms with Crippen molar-refractivity contribution in [3.63, 3.8) is 0 Å². The molecular weight excluding hydrogens is 370 g/mol. The fourth-order valence-electron chi connectivity index (χ4n) is 4.48. The Kier molecular flexibility index (Phi) is 7.14. The van der Waals surface area contributed by atoms with Crippen LogP contribution in [0.2, 0.25) is 0 Å². The molecule has 2 amide bonds. The van der Waals surface area contributed by atoms with Gasteiger partial charge in [0, 0.05) is 45.7 Å². The van der Waals surface area contributed by atoms with E-state index >= 15 is 0 Å². The first kappa shape index (κ1) is 21.6. The second-order valence-corrected chi connectivity index (χ2v) is 8.56. The van der Waals surface area contributed by atoms with Crippen LogP contribution in [0.1, 0.15) is 44.6 Å². The molecule has 0 radical (unpaired) electrons. The molecule has 7 nitrogen and oxygen atoms in total. The number of aliphatic hydroxyl groups is 1. The van der Waals surface area contributed by atoms with Gasteiger partial charge in [0.25, 0.3) is 0 Å². The fraction of sp³-hybridized carbons (Fsp3) is 0.636. The van der Waals surface area contributed by atoms with E-state index in [1.807, 2.05) is 11.0 Å². The van der Waals surface area contributed by atoms with Gasteiger partial charge in [-0.3, -0.25) is 9.59 Å². The molecule has 0 aromatic heterocycles. The molecule has 2 aliphatic heterocycles. The van der Waals surface area contributed by atoms with Crippen molar-refractivity contribution >= 4 is 11.8 Å². The highest BCUT2D eigenvalue weighted by Crippen LogP contribution is 2.26. The van der Waals surface area contributed by atoms with E-state index in [4.69, 9.17) is 0 Å². The maximum Gasteiger partial charge on any atom is 0.226 e. The molecular formula is C22H33N3O4. The van der Waals surface area contributed by atoms with Crippen LogP contribution >= 0.6 is 0 Å². The first-order chi connectivity index (χ1) is 13.8. The van der Waals surface area contributed by atoms with Gasteiger partial charge in [-0.1, -0.05) is 12.1 Å². The van der Waals surface area contributed by atoms with Gasteiger partial charge >= 0.3 is 0 Å². The second-order valence-electron chi connectivity index (χ2n) is 8.56. The molecule has 160 valence electrons. The monoisotopic (exact) mass is 403 g/mol. The van der Waals surface area contributed by atoms with Crippen molar-refractivity contribution in [1.29, 1.82) is 0 Å². The van der Waals surface area contributed by atoms with Gasteiger partial charge in [-0.15, -0.1) is 0 Å². The maximum absolute atomic E-state index is 12.7. The number of nitrogens with zero attached hydrogens (tertiary/aromatic N) is 2. The summed E-state index contributed by atoms with van der Waals surface area (Å²) < 4.78 is 0. The summed E-state index contributed by atoms with van der Waals surface area (Å²) in [6, 6.07) is 7.04. The van der Waals surface area contributed by atoms with Crippen LogP contribution in [0.5, 0.6) is 5.75 Å². The number of benzene rings is 1. The molecule has 3 N–H and O–H groups in total. The van der Waals surface area contributed by atoms with E-state index in [1.165, 1.54) is 0 Å². The molecule has 0 aliphatic carbocycles. The Bertz CT molecular complexity index is 718. The van der Waals surface area contributed by atoms with E-state index < -0.39 is 5.60 Å². The molecule has 7 heteroatoms. The number of rotatable bonds is 5. The third kappa shape index (κ3) is 6.44. The minimum absolute atomic E-state index is 0.0151. The number of hydrogen-bond acceptors (Lipinski definition) is 5. The van der Waals surface area contributed by atoms with Crippen molar-refractivity contribution in [3.05, 3.63) is 29.8 Å². The first-order valence-corrected chi connectivity index (χ1v) is 10.6. The number of β-amino-alcohol motifs (C(OH)–C–C–N with tert-alkyl or cyclic N) is 1. The minimum Gasteiger partial charge on any atom is -0.508 e. The van der Waals surface area contributed by atoms with Crippen molar-refractivity contribution in [3.8, 4) is 5.75 Å². The van der Waals surface area contributed by atoms with E-state index in [0.717, 1.165) is 37.9 Å². The Balaban J connectivity index is 1.48. The number of amides is 2. The van der Waals surface area contributed by atoms with Gasteiger partial charge in [-0.05, 0) is 49.8 Å². The number of phenols is 1. The number of hydrogen-bond donors (Lipinski definition) is 3. The van der Waals surface area contributed by atoms with Crippen molar-refractivity contribution in [2.45, 2.75) is 57.1 Å². The van der Waals surface area contributed by atoms with Crippen LogP contribution in [0.4, 0.5) is 0 Å². The van der Waals surface area contributed by atoms with Gasteiger partial charge in [0.1, 0.15) is 5.75 Å². The van der Waals surface area contributed by atoms with Crippen LogP contribution in [0.15, 0.2) is 24.3 Å². The highest BCUT2D eigenvalue weighted by molar-refractivity contribution is 5.79. The SMILES string of the molecule is CC(=O)NC1CCN(C[C@@]2(O)CCCN(C(=O)Cc3cccc(O)c3)CC2)CC1. The van der Waals surface area contributed by atoms with E-state index in [2.05, 4.69) is 10.2 Å². The molecule has 1 aromatic rings. The highest BCUT2D eigenvalue weighted by atomic mass is 16.3. The largest absolute Gasteiger partial charge is 0.508 e. The van der Waals surface area contributed by atoms with Crippen molar-refractivity contribution in [2.75, 3.05) is 32.7 Å². The van der Waals surface area contributed by atoms with E-state index in [9.17, 15) is 19.8 Å². The van der Waals surface area contributed by atoms with Gasteiger partial charge in [-0.25, -0.2) is 0 Å². The van der Waals surface area contributed by atoms with Gasteiger partial charge in [-0.2, -0.15) is 0 Å². The standard InChI is InChI=1S/C22H33N3O4/c1-17(26)23-19-6-11-24(12-7-19)16-22(29)8-3-10-25(13-9-22)21(28)15-18-4-2-5-20(27)14-18/h2,4-5,14,19,27,29H,3,6-13,15-16H2,1H3,(H,23,26)/t22-/m1/s1. The number of aromatic hydroxyl groups is 1. The molecule has 29 heavy (non-hydrogen) atoms. The van der Waals surface area contributed by atoms with Crippen LogP contribution in [0.3, 0.4) is 0 Å². The molecule has 3 rings (SSSR count). The minimum atomic E-state index is -0.777. The summed E-state index contributed by atoms with van der Waals surface area (Å²) in [5, 5.41) is 23.7. The van der Waals surface area contributed by atoms with Gasteiger partial charge < -0.3 is 25.3 Å². The third-order valence-electron chi connectivity index (χ3n) is 6.05. The normalized spacial score (nSPS) is 24.1. The predicted octanol–water partition coefficient (Wildman–Crippen LogP) is 1.28. The van der Waals surface area contributed by atoms with Crippen LogP contribution in [-0.4, -0.2) is 76.2 Å². The number of carbonyl (C=O) groups excluding carboxylic acids is 2. The topological polar surface area (TPSA) is 93.1 Å². The first-order valence-electron chi connectivity index (χ1n) is 10.6. The summed E-state index contributed by atoms with van der Waals surface area (Å²) >= 11 is 0. The Hall–Kier alpha value is -2.12. The Morgan fingerprint density at radius 2 is 1.93 bits per heavy atom. The number of likely N-dealkylation sites (tertiary alicyclic amines) is 2. The molecule has 2 fully saturated rings. The lowest BCUT2D eigenvalue weighted by molar-refractivity contribution is -0.130. The average molecular weight is 404 g/mol. The number of carbonyl (C=O) groups is 2. The zero-order chi connectivity index (χ0) is 20.9. The molecule has 0 bridgehead atoms. The molecule has 2 saturated heterocycles. The molecule has 1 atom stereocenters. The zero-order valence-electron chi connectivity index (χ0n) is 17.3. The summed E-state index contributed by atoms with van der Waals surface area (Å²) in [5.74, 6) is 0.222. The summed E-state index contributed by atoms with van der Waals surface area (Å²) in [6.45, 7) is 5.12. The number of phenolic OH excluding ortho intramolecular Hbond substituents is 1. The molecule has 2 heterocycles. The Morgan fingerprint density at radius 1 is 1.17 bits per heavy atom. The van der Waals surface area contributed by atoms with E-state index in [1.54, 1.807) is 25.1 Å². The summed E-state index contributed by atoms with van der Waals surface area (Å²) in [6.07, 6.45) is 4.13. The van der Waals surface area contributed by atoms with Crippen LogP contribution in [-0.2, 0) is 16.0 Å². The lowest BCUT2D eigenvalue weighted by Gasteiger charge is -2.38. The Labute approximate surface area is 172 Å². The Morgan fingerprint density at radius 3 is 2.62 bits per heavy atom. The second kappa shape index (κ2) is 9.59. The smallest absolute Gasteiger partial charge is 0.226 e.